The predicted molar refractivity (Wildman–Crippen MR) is 123 cm³/mol. The summed E-state index contributed by atoms with van der Waals surface area (Å²) in [5.74, 6) is -0.212. The number of methoxy groups -OCH3 is 1. The number of aromatic hydroxyl groups is 1. The Kier molecular flexibility index (Phi) is 5.79. The molecule has 1 amide bonds. The van der Waals surface area contributed by atoms with Crippen molar-refractivity contribution in [1.29, 1.82) is 0 Å². The molecule has 0 bridgehead atoms. The minimum atomic E-state index is -0.602. The first-order chi connectivity index (χ1) is 16.0. The summed E-state index contributed by atoms with van der Waals surface area (Å²) in [6.07, 6.45) is 2.31. The topological polar surface area (TPSA) is 76.1 Å². The molecule has 2 aromatic rings. The summed E-state index contributed by atoms with van der Waals surface area (Å²) in [6.45, 7) is 0.424. The van der Waals surface area contributed by atoms with E-state index in [2.05, 4.69) is 0 Å². The fraction of sp³-hybridized carbons (Fsp3) is 0.385. The average molecular weight is 468 g/mol. The van der Waals surface area contributed by atoms with Crippen molar-refractivity contribution < 1.29 is 24.2 Å². The molecule has 33 heavy (non-hydrogen) atoms. The van der Waals surface area contributed by atoms with Crippen molar-refractivity contribution in [3.8, 4) is 11.5 Å². The number of carbonyl (C=O) groups is 2. The highest BCUT2D eigenvalue weighted by molar-refractivity contribution is 6.21. The maximum Gasteiger partial charge on any atom is 0.290 e. The molecule has 3 aliphatic rings. The van der Waals surface area contributed by atoms with Crippen LogP contribution in [0, 0.1) is 5.92 Å². The number of phenolic OH excluding ortho intramolecular Hbond substituents is 1. The Bertz CT molecular complexity index is 1110. The van der Waals surface area contributed by atoms with Gasteiger partial charge < -0.3 is 19.5 Å². The number of alkyl halides is 1. The Balaban J connectivity index is 1.54. The number of ether oxygens (including phenoxy) is 2. The van der Waals surface area contributed by atoms with E-state index in [4.69, 9.17) is 21.1 Å². The van der Waals surface area contributed by atoms with Crippen LogP contribution >= 0.6 is 11.6 Å². The van der Waals surface area contributed by atoms with Crippen molar-refractivity contribution in [2.75, 3.05) is 13.7 Å². The number of carbonyl (C=O) groups excluding carboxylic acids is 2. The summed E-state index contributed by atoms with van der Waals surface area (Å²) < 4.78 is 11.5. The molecule has 0 spiro atoms. The molecule has 6 nitrogen and oxygen atoms in total. The van der Waals surface area contributed by atoms with Crippen LogP contribution in [0.15, 0.2) is 59.9 Å². The number of hydrogen-bond acceptors (Lipinski definition) is 5. The van der Waals surface area contributed by atoms with Crippen molar-refractivity contribution in [3.05, 3.63) is 71.0 Å². The van der Waals surface area contributed by atoms with Gasteiger partial charge in [0, 0.05) is 11.9 Å². The second-order valence-corrected chi connectivity index (χ2v) is 9.47. The van der Waals surface area contributed by atoms with E-state index >= 15 is 0 Å². The van der Waals surface area contributed by atoms with Crippen LogP contribution in [0.2, 0.25) is 0 Å². The zero-order chi connectivity index (χ0) is 23.1. The number of phenols is 1. The number of fused-ring (bicyclic) bond motifs is 1. The lowest BCUT2D eigenvalue weighted by atomic mass is 9.77. The van der Waals surface area contributed by atoms with Crippen LogP contribution in [0.3, 0.4) is 0 Å². The zero-order valence-corrected chi connectivity index (χ0v) is 19.1. The van der Waals surface area contributed by atoms with E-state index in [1.807, 2.05) is 30.3 Å². The molecule has 172 valence electrons. The smallest absolute Gasteiger partial charge is 0.290 e. The second-order valence-electron chi connectivity index (χ2n) is 8.85. The molecule has 0 aromatic heterocycles. The second kappa shape index (κ2) is 8.75. The van der Waals surface area contributed by atoms with Crippen LogP contribution in [0.4, 0.5) is 0 Å². The van der Waals surface area contributed by atoms with Crippen LogP contribution in [-0.4, -0.2) is 46.8 Å². The molecule has 4 atom stereocenters. The van der Waals surface area contributed by atoms with Gasteiger partial charge in [0.2, 0.25) is 0 Å². The summed E-state index contributed by atoms with van der Waals surface area (Å²) in [7, 11) is 1.47. The molecule has 5 rings (SSSR count). The first-order valence-corrected chi connectivity index (χ1v) is 11.7. The summed E-state index contributed by atoms with van der Waals surface area (Å²) in [6, 6.07) is 14.3. The maximum atomic E-state index is 13.7. The van der Waals surface area contributed by atoms with Crippen LogP contribution in [0.1, 0.15) is 36.4 Å². The van der Waals surface area contributed by atoms with E-state index < -0.39 is 6.04 Å². The van der Waals surface area contributed by atoms with E-state index in [0.29, 0.717) is 36.9 Å². The van der Waals surface area contributed by atoms with Crippen molar-refractivity contribution >= 4 is 23.3 Å². The summed E-state index contributed by atoms with van der Waals surface area (Å²) in [5, 5.41) is 10.0. The maximum absolute atomic E-state index is 13.7. The predicted octanol–water partition coefficient (Wildman–Crippen LogP) is 4.16. The number of halogens is 1. The highest BCUT2D eigenvalue weighted by atomic mass is 35.5. The summed E-state index contributed by atoms with van der Waals surface area (Å²) >= 11 is 6.38. The minimum Gasteiger partial charge on any atom is -0.504 e. The SMILES string of the molecule is COc1cc(C2C3=C(OC4CCC(Cl)CC4C3=O)C(=O)N2CCc2ccccc2)ccc1O. The third-order valence-electron chi connectivity index (χ3n) is 6.88. The molecule has 1 fully saturated rings. The largest absolute Gasteiger partial charge is 0.504 e. The summed E-state index contributed by atoms with van der Waals surface area (Å²) in [5.41, 5.74) is 2.20. The number of amides is 1. The van der Waals surface area contributed by atoms with Gasteiger partial charge in [-0.05, 0) is 48.9 Å². The molecule has 1 N–H and O–H groups in total. The lowest BCUT2D eigenvalue weighted by molar-refractivity contribution is -0.135. The van der Waals surface area contributed by atoms with Crippen LogP contribution in [0.5, 0.6) is 11.5 Å². The number of hydrogen-bond donors (Lipinski definition) is 1. The Hall–Kier alpha value is -2.99. The van der Waals surface area contributed by atoms with E-state index in [0.717, 1.165) is 12.0 Å². The van der Waals surface area contributed by atoms with Crippen LogP contribution < -0.4 is 4.74 Å². The van der Waals surface area contributed by atoms with Gasteiger partial charge in [-0.1, -0.05) is 36.4 Å². The van der Waals surface area contributed by atoms with Gasteiger partial charge in [0.25, 0.3) is 5.91 Å². The normalized spacial score (nSPS) is 26.7. The van der Waals surface area contributed by atoms with Gasteiger partial charge in [-0.25, -0.2) is 0 Å². The van der Waals surface area contributed by atoms with Gasteiger partial charge in [0.15, 0.2) is 23.0 Å². The first-order valence-electron chi connectivity index (χ1n) is 11.3. The highest BCUT2D eigenvalue weighted by Gasteiger charge is 2.52. The molecule has 1 saturated carbocycles. The first kappa shape index (κ1) is 21.8. The molecule has 2 aromatic carbocycles. The van der Waals surface area contributed by atoms with Gasteiger partial charge in [-0.2, -0.15) is 0 Å². The van der Waals surface area contributed by atoms with Gasteiger partial charge in [0.1, 0.15) is 6.10 Å². The van der Waals surface area contributed by atoms with Crippen molar-refractivity contribution in [1.82, 2.24) is 4.90 Å². The standard InChI is InChI=1S/C26H26ClNO5/c1-32-21-13-16(7-9-19(21)29)23-22-24(30)18-14-17(27)8-10-20(18)33-25(22)26(31)28(23)12-11-15-5-3-2-4-6-15/h2-7,9,13,17-18,20,23,29H,8,10-12,14H2,1H3. The number of ketones is 1. The van der Waals surface area contributed by atoms with Gasteiger partial charge in [0.05, 0.1) is 24.6 Å². The quantitative estimate of drug-likeness (QED) is 0.668. The number of Topliss-reactive ketones (excluding diaryl/α,β-unsaturated/α-hetero) is 1. The molecule has 4 unspecified atom stereocenters. The molecule has 1 aliphatic carbocycles. The van der Waals surface area contributed by atoms with Gasteiger partial charge >= 0.3 is 0 Å². The Morgan fingerprint density at radius 3 is 2.70 bits per heavy atom. The molecule has 2 heterocycles. The number of benzene rings is 2. The van der Waals surface area contributed by atoms with E-state index in [1.54, 1.807) is 17.0 Å². The van der Waals surface area contributed by atoms with Gasteiger partial charge in [-0.3, -0.25) is 9.59 Å². The summed E-state index contributed by atoms with van der Waals surface area (Å²) in [4.78, 5) is 28.9. The minimum absolute atomic E-state index is 0.000779. The molecule has 2 aliphatic heterocycles. The zero-order valence-electron chi connectivity index (χ0n) is 18.4. The third-order valence-corrected chi connectivity index (χ3v) is 7.28. The Morgan fingerprint density at radius 2 is 1.94 bits per heavy atom. The van der Waals surface area contributed by atoms with E-state index in [1.165, 1.54) is 13.2 Å². The lowest BCUT2D eigenvalue weighted by Crippen LogP contribution is -2.41. The molecule has 7 heteroatoms. The molecular formula is C26H26ClNO5. The molecular weight excluding hydrogens is 442 g/mol. The van der Waals surface area contributed by atoms with Gasteiger partial charge in [-0.15, -0.1) is 11.6 Å². The molecule has 0 radical (unpaired) electrons. The van der Waals surface area contributed by atoms with Crippen LogP contribution in [-0.2, 0) is 20.7 Å². The fourth-order valence-corrected chi connectivity index (χ4v) is 5.52. The van der Waals surface area contributed by atoms with Crippen molar-refractivity contribution in [2.24, 2.45) is 5.92 Å². The van der Waals surface area contributed by atoms with Crippen LogP contribution in [0.25, 0.3) is 0 Å². The van der Waals surface area contributed by atoms with E-state index in [9.17, 15) is 14.7 Å². The average Bonchev–Trinajstić information content (AvgIpc) is 3.11. The number of nitrogens with zero attached hydrogens (tertiary/aromatic N) is 1. The van der Waals surface area contributed by atoms with Crippen molar-refractivity contribution in [3.63, 3.8) is 0 Å². The van der Waals surface area contributed by atoms with E-state index in [-0.39, 0.29) is 46.3 Å². The third kappa shape index (κ3) is 3.86. The van der Waals surface area contributed by atoms with Crippen molar-refractivity contribution in [2.45, 2.75) is 43.2 Å². The number of rotatable bonds is 5. The highest BCUT2D eigenvalue weighted by Crippen LogP contribution is 2.48. The monoisotopic (exact) mass is 467 g/mol. The Morgan fingerprint density at radius 1 is 1.15 bits per heavy atom. The Labute approximate surface area is 197 Å². The fourth-order valence-electron chi connectivity index (χ4n) is 5.20. The lowest BCUT2D eigenvalue weighted by Gasteiger charge is -2.37. The molecule has 0 saturated heterocycles.